The number of rotatable bonds is 4. The minimum atomic E-state index is -4.34. The average Bonchev–Trinajstić information content (AvgIpc) is 3.26. The minimum absolute atomic E-state index is 0.114. The second-order valence-corrected chi connectivity index (χ2v) is 9.51. The summed E-state index contributed by atoms with van der Waals surface area (Å²) in [5.74, 6) is -0.114. The van der Waals surface area contributed by atoms with Gasteiger partial charge in [0.15, 0.2) is 5.17 Å². The highest BCUT2D eigenvalue weighted by Gasteiger charge is 2.50. The van der Waals surface area contributed by atoms with Crippen LogP contribution in [0.5, 0.6) is 0 Å². The van der Waals surface area contributed by atoms with Crippen molar-refractivity contribution in [1.82, 2.24) is 4.90 Å². The van der Waals surface area contributed by atoms with E-state index in [4.69, 9.17) is 0 Å². The number of carbonyl (C=O) groups excluding carboxylic acids is 1. The Labute approximate surface area is 188 Å². The fourth-order valence-electron chi connectivity index (χ4n) is 4.53. The van der Waals surface area contributed by atoms with E-state index in [1.807, 2.05) is 36.1 Å². The van der Waals surface area contributed by atoms with Crippen molar-refractivity contribution in [2.24, 2.45) is 4.99 Å². The number of alkyl halides is 3. The van der Waals surface area contributed by atoms with Crippen molar-refractivity contribution in [3.8, 4) is 0 Å². The first-order valence-electron chi connectivity index (χ1n) is 10.6. The predicted octanol–water partition coefficient (Wildman–Crippen LogP) is 4.48. The molecule has 3 heterocycles. The molecule has 168 valence electrons. The quantitative estimate of drug-likeness (QED) is 0.673. The fraction of sp³-hybridized carbons (Fsp3) is 0.391. The van der Waals surface area contributed by atoms with E-state index in [0.717, 1.165) is 41.5 Å². The number of para-hydroxylation sites is 1. The monoisotopic (exact) mass is 460 g/mol. The van der Waals surface area contributed by atoms with Gasteiger partial charge in [0.05, 0.1) is 11.3 Å². The summed E-state index contributed by atoms with van der Waals surface area (Å²) in [7, 11) is 0. The standard InChI is InChI=1S/C23H23F3N4OS/c1-22(20(31)27-21-30(22)18-7-2-3-8-19(18)32-21)9-10-28-11-13-29(14-12-28)17-6-4-5-16(15-17)23(24,25)26/h2-8,15H,9-14H2,1H3. The van der Waals surface area contributed by atoms with Crippen molar-refractivity contribution in [3.05, 3.63) is 54.1 Å². The van der Waals surface area contributed by atoms with Crippen LogP contribution in [0.4, 0.5) is 24.5 Å². The molecule has 5 nitrogen and oxygen atoms in total. The van der Waals surface area contributed by atoms with Crippen LogP contribution >= 0.6 is 11.8 Å². The van der Waals surface area contributed by atoms with Gasteiger partial charge in [0.25, 0.3) is 5.91 Å². The summed E-state index contributed by atoms with van der Waals surface area (Å²) in [6.07, 6.45) is -3.70. The zero-order valence-corrected chi connectivity index (χ0v) is 18.4. The van der Waals surface area contributed by atoms with Crippen LogP contribution in [0.1, 0.15) is 18.9 Å². The van der Waals surface area contributed by atoms with Gasteiger partial charge in [-0.2, -0.15) is 18.2 Å². The van der Waals surface area contributed by atoms with Crippen LogP contribution in [0.15, 0.2) is 58.4 Å². The van der Waals surface area contributed by atoms with Crippen LogP contribution in [-0.4, -0.2) is 54.2 Å². The molecule has 2 aromatic carbocycles. The molecule has 0 saturated carbocycles. The van der Waals surface area contributed by atoms with Gasteiger partial charge in [-0.1, -0.05) is 18.2 Å². The number of fused-ring (bicyclic) bond motifs is 3. The molecular weight excluding hydrogens is 437 g/mol. The van der Waals surface area contributed by atoms with Gasteiger partial charge in [-0.05, 0) is 55.4 Å². The molecule has 32 heavy (non-hydrogen) atoms. The van der Waals surface area contributed by atoms with Gasteiger partial charge < -0.3 is 9.80 Å². The maximum atomic E-state index is 13.0. The van der Waals surface area contributed by atoms with Gasteiger partial charge in [0.2, 0.25) is 0 Å². The molecule has 0 bridgehead atoms. The molecule has 3 aliphatic heterocycles. The molecule has 0 aliphatic carbocycles. The topological polar surface area (TPSA) is 39.1 Å². The number of hydrogen-bond donors (Lipinski definition) is 0. The van der Waals surface area contributed by atoms with Crippen molar-refractivity contribution < 1.29 is 18.0 Å². The third kappa shape index (κ3) is 3.67. The summed E-state index contributed by atoms with van der Waals surface area (Å²) >= 11 is 1.53. The Morgan fingerprint density at radius 1 is 1.06 bits per heavy atom. The number of carbonyl (C=O) groups is 1. The summed E-state index contributed by atoms with van der Waals surface area (Å²) in [4.78, 5) is 24.5. The lowest BCUT2D eigenvalue weighted by Gasteiger charge is -2.39. The number of thioether (sulfide) groups is 1. The average molecular weight is 461 g/mol. The van der Waals surface area contributed by atoms with E-state index >= 15 is 0 Å². The molecule has 2 aromatic rings. The van der Waals surface area contributed by atoms with E-state index < -0.39 is 17.3 Å². The van der Waals surface area contributed by atoms with E-state index in [2.05, 4.69) is 14.8 Å². The molecule has 1 saturated heterocycles. The molecule has 0 spiro atoms. The maximum absolute atomic E-state index is 13.0. The van der Waals surface area contributed by atoms with Gasteiger partial charge in [-0.25, -0.2) is 0 Å². The Morgan fingerprint density at radius 3 is 2.56 bits per heavy atom. The van der Waals surface area contributed by atoms with Crippen LogP contribution in [-0.2, 0) is 11.0 Å². The molecule has 3 aliphatic rings. The number of amidine groups is 1. The highest BCUT2D eigenvalue weighted by molar-refractivity contribution is 8.14. The zero-order chi connectivity index (χ0) is 22.5. The van der Waals surface area contributed by atoms with Crippen molar-refractivity contribution in [3.63, 3.8) is 0 Å². The number of nitrogens with zero attached hydrogens (tertiary/aromatic N) is 4. The molecule has 0 N–H and O–H groups in total. The van der Waals surface area contributed by atoms with Crippen molar-refractivity contribution >= 4 is 34.2 Å². The van der Waals surface area contributed by atoms with Gasteiger partial charge >= 0.3 is 6.18 Å². The highest BCUT2D eigenvalue weighted by atomic mass is 32.2. The fourth-order valence-corrected chi connectivity index (χ4v) is 5.66. The molecule has 1 fully saturated rings. The number of anilines is 2. The largest absolute Gasteiger partial charge is 0.416 e. The normalized spacial score (nSPS) is 23.4. The number of benzene rings is 2. The Kier molecular flexibility index (Phi) is 5.21. The van der Waals surface area contributed by atoms with Crippen LogP contribution in [0, 0.1) is 0 Å². The zero-order valence-electron chi connectivity index (χ0n) is 17.6. The van der Waals surface area contributed by atoms with Crippen LogP contribution < -0.4 is 9.80 Å². The first-order chi connectivity index (χ1) is 15.3. The Balaban J connectivity index is 1.22. The number of amides is 1. The highest BCUT2D eigenvalue weighted by Crippen LogP contribution is 2.48. The molecule has 1 atom stereocenters. The third-order valence-electron chi connectivity index (χ3n) is 6.48. The molecule has 1 amide bonds. The summed E-state index contributed by atoms with van der Waals surface area (Å²) in [5, 5.41) is 0.744. The Hall–Kier alpha value is -2.52. The van der Waals surface area contributed by atoms with E-state index in [-0.39, 0.29) is 5.91 Å². The summed E-state index contributed by atoms with van der Waals surface area (Å²) < 4.78 is 39.1. The first-order valence-corrected chi connectivity index (χ1v) is 11.4. The van der Waals surface area contributed by atoms with E-state index in [1.54, 1.807) is 6.07 Å². The smallest absolute Gasteiger partial charge is 0.369 e. The third-order valence-corrected chi connectivity index (χ3v) is 7.50. The molecular formula is C23H23F3N4OS. The van der Waals surface area contributed by atoms with Gasteiger partial charge in [0, 0.05) is 43.3 Å². The molecule has 0 aromatic heterocycles. The lowest BCUT2D eigenvalue weighted by molar-refractivity contribution is -0.137. The van der Waals surface area contributed by atoms with E-state index in [0.29, 0.717) is 25.2 Å². The van der Waals surface area contributed by atoms with Crippen molar-refractivity contribution in [1.29, 1.82) is 0 Å². The SMILES string of the molecule is CC1(CCN2CCN(c3cccc(C(F)(F)F)c3)CC2)C(=O)N=C2Sc3ccccc3N21. The summed E-state index contributed by atoms with van der Waals surface area (Å²) in [6.45, 7) is 5.45. The maximum Gasteiger partial charge on any atom is 0.416 e. The number of hydrogen-bond acceptors (Lipinski definition) is 5. The molecule has 5 rings (SSSR count). The number of piperazine rings is 1. The summed E-state index contributed by atoms with van der Waals surface area (Å²) in [5.41, 5.74) is 0.289. The second kappa shape index (κ2) is 7.81. The van der Waals surface area contributed by atoms with Gasteiger partial charge in [0.1, 0.15) is 5.54 Å². The molecule has 1 unspecified atom stereocenters. The van der Waals surface area contributed by atoms with Crippen molar-refractivity contribution in [2.75, 3.05) is 42.5 Å². The van der Waals surface area contributed by atoms with Crippen LogP contribution in [0.2, 0.25) is 0 Å². The van der Waals surface area contributed by atoms with E-state index in [9.17, 15) is 18.0 Å². The number of halogens is 3. The second-order valence-electron chi connectivity index (χ2n) is 8.51. The van der Waals surface area contributed by atoms with Gasteiger partial charge in [-0.3, -0.25) is 9.69 Å². The Bertz CT molecular complexity index is 1080. The summed E-state index contributed by atoms with van der Waals surface area (Å²) in [6, 6.07) is 13.5. The van der Waals surface area contributed by atoms with E-state index in [1.165, 1.54) is 23.9 Å². The van der Waals surface area contributed by atoms with Crippen LogP contribution in [0.25, 0.3) is 0 Å². The van der Waals surface area contributed by atoms with Crippen molar-refractivity contribution in [2.45, 2.75) is 30.0 Å². The van der Waals surface area contributed by atoms with Gasteiger partial charge in [-0.15, -0.1) is 0 Å². The minimum Gasteiger partial charge on any atom is -0.369 e. The number of aliphatic imine (C=N–C) groups is 1. The first kappa shape index (κ1) is 21.3. The van der Waals surface area contributed by atoms with Crippen LogP contribution in [0.3, 0.4) is 0 Å². The predicted molar refractivity (Wildman–Crippen MR) is 120 cm³/mol. The molecule has 0 radical (unpaired) electrons. The Morgan fingerprint density at radius 2 is 1.81 bits per heavy atom. The lowest BCUT2D eigenvalue weighted by Crippen LogP contribution is -2.52. The molecule has 9 heteroatoms. The lowest BCUT2D eigenvalue weighted by atomic mass is 9.94.